The van der Waals surface area contributed by atoms with Crippen LogP contribution >= 0.6 is 11.6 Å². The van der Waals surface area contributed by atoms with Crippen LogP contribution in [0, 0.1) is 5.82 Å². The molecule has 2 aromatic heterocycles. The van der Waals surface area contributed by atoms with E-state index in [2.05, 4.69) is 15.1 Å². The van der Waals surface area contributed by atoms with Crippen LogP contribution < -0.4 is 4.90 Å². The van der Waals surface area contributed by atoms with Gasteiger partial charge < -0.3 is 4.90 Å². The highest BCUT2D eigenvalue weighted by molar-refractivity contribution is 6.31. The second-order valence-electron chi connectivity index (χ2n) is 6.78. The van der Waals surface area contributed by atoms with Gasteiger partial charge >= 0.3 is 0 Å². The Labute approximate surface area is 160 Å². The zero-order valence-electron chi connectivity index (χ0n) is 14.6. The summed E-state index contributed by atoms with van der Waals surface area (Å²) in [5, 5.41) is 10.2. The molecule has 0 unspecified atom stereocenters. The molecule has 1 aliphatic rings. The standard InChI is InChI=1S/C20H17ClFN5/c21-13-8-9-15-17(12-13)23-20(26-10-4-1-5-11-26)27-18(24-25-19(15)27)14-6-2-3-7-16(14)22/h2-3,6-9,12H,1,4-5,10-11H2. The van der Waals surface area contributed by atoms with E-state index in [9.17, 15) is 4.39 Å². The van der Waals surface area contributed by atoms with E-state index in [-0.39, 0.29) is 5.82 Å². The van der Waals surface area contributed by atoms with Crippen LogP contribution in [0.5, 0.6) is 0 Å². The van der Waals surface area contributed by atoms with Gasteiger partial charge in [-0.1, -0.05) is 23.7 Å². The van der Waals surface area contributed by atoms with Crippen molar-refractivity contribution in [3.63, 3.8) is 0 Å². The molecule has 7 heteroatoms. The Kier molecular flexibility index (Phi) is 3.93. The summed E-state index contributed by atoms with van der Waals surface area (Å²) >= 11 is 6.18. The molecule has 0 radical (unpaired) electrons. The number of hydrogen-bond acceptors (Lipinski definition) is 4. The second kappa shape index (κ2) is 6.46. The van der Waals surface area contributed by atoms with Gasteiger partial charge in [-0.3, -0.25) is 0 Å². The number of benzene rings is 2. The molecule has 0 N–H and O–H groups in total. The summed E-state index contributed by atoms with van der Waals surface area (Å²) in [7, 11) is 0. The van der Waals surface area contributed by atoms with Gasteiger partial charge in [-0.05, 0) is 49.6 Å². The van der Waals surface area contributed by atoms with Crippen LogP contribution in [-0.2, 0) is 0 Å². The zero-order chi connectivity index (χ0) is 18.4. The van der Waals surface area contributed by atoms with E-state index in [0.29, 0.717) is 22.1 Å². The molecule has 0 bridgehead atoms. The second-order valence-corrected chi connectivity index (χ2v) is 7.22. The average Bonchev–Trinajstić information content (AvgIpc) is 3.13. The van der Waals surface area contributed by atoms with E-state index < -0.39 is 0 Å². The summed E-state index contributed by atoms with van der Waals surface area (Å²) in [6, 6.07) is 12.2. The summed E-state index contributed by atoms with van der Waals surface area (Å²) in [5.74, 6) is 0.878. The third kappa shape index (κ3) is 2.72. The molecule has 0 aliphatic carbocycles. The Morgan fingerprint density at radius 1 is 0.963 bits per heavy atom. The van der Waals surface area contributed by atoms with Gasteiger partial charge in [0, 0.05) is 23.5 Å². The number of halogens is 2. The number of fused-ring (bicyclic) bond motifs is 3. The molecule has 0 amide bonds. The summed E-state index contributed by atoms with van der Waals surface area (Å²) in [6.45, 7) is 1.81. The fourth-order valence-corrected chi connectivity index (χ4v) is 3.88. The van der Waals surface area contributed by atoms with Crippen LogP contribution in [0.25, 0.3) is 27.9 Å². The Morgan fingerprint density at radius 3 is 2.59 bits per heavy atom. The number of nitrogens with zero attached hydrogens (tertiary/aromatic N) is 5. The van der Waals surface area contributed by atoms with Crippen LogP contribution in [0.2, 0.25) is 5.02 Å². The molecule has 136 valence electrons. The van der Waals surface area contributed by atoms with Crippen molar-refractivity contribution in [1.82, 2.24) is 19.6 Å². The van der Waals surface area contributed by atoms with Crippen molar-refractivity contribution in [2.45, 2.75) is 19.3 Å². The van der Waals surface area contributed by atoms with Crippen molar-refractivity contribution in [1.29, 1.82) is 0 Å². The Morgan fingerprint density at radius 2 is 1.78 bits per heavy atom. The van der Waals surface area contributed by atoms with Gasteiger partial charge in [-0.25, -0.2) is 13.8 Å². The lowest BCUT2D eigenvalue weighted by molar-refractivity contribution is 0.567. The number of aromatic nitrogens is 4. The lowest BCUT2D eigenvalue weighted by Crippen LogP contribution is -2.32. The Bertz CT molecular complexity index is 1150. The number of anilines is 1. The minimum atomic E-state index is -0.326. The lowest BCUT2D eigenvalue weighted by atomic mass is 10.1. The summed E-state index contributed by atoms with van der Waals surface area (Å²) in [6.07, 6.45) is 3.42. The lowest BCUT2D eigenvalue weighted by Gasteiger charge is -2.28. The molecule has 5 nitrogen and oxygen atoms in total. The summed E-state index contributed by atoms with van der Waals surface area (Å²) in [4.78, 5) is 7.10. The number of hydrogen-bond donors (Lipinski definition) is 0. The normalized spacial score (nSPS) is 15.0. The first-order valence-corrected chi connectivity index (χ1v) is 9.44. The van der Waals surface area contributed by atoms with Crippen molar-refractivity contribution in [2.75, 3.05) is 18.0 Å². The Balaban J connectivity index is 1.85. The molecular weight excluding hydrogens is 365 g/mol. The molecule has 3 heterocycles. The smallest absolute Gasteiger partial charge is 0.213 e. The van der Waals surface area contributed by atoms with E-state index >= 15 is 0 Å². The summed E-state index contributed by atoms with van der Waals surface area (Å²) in [5.41, 5.74) is 1.84. The predicted molar refractivity (Wildman–Crippen MR) is 105 cm³/mol. The first-order chi connectivity index (χ1) is 13.2. The van der Waals surface area contributed by atoms with Crippen LogP contribution in [0.3, 0.4) is 0 Å². The molecule has 1 aliphatic heterocycles. The minimum Gasteiger partial charge on any atom is -0.342 e. The van der Waals surface area contributed by atoms with Gasteiger partial charge in [0.15, 0.2) is 11.5 Å². The van der Waals surface area contributed by atoms with Crippen molar-refractivity contribution in [3.8, 4) is 11.4 Å². The van der Waals surface area contributed by atoms with Crippen LogP contribution in [0.15, 0.2) is 42.5 Å². The molecule has 5 rings (SSSR count). The fraction of sp³-hybridized carbons (Fsp3) is 0.250. The van der Waals surface area contributed by atoms with E-state index in [1.54, 1.807) is 18.2 Å². The maximum Gasteiger partial charge on any atom is 0.213 e. The summed E-state index contributed by atoms with van der Waals surface area (Å²) < 4.78 is 16.4. The van der Waals surface area contributed by atoms with E-state index in [1.165, 1.54) is 12.5 Å². The molecular formula is C20H17ClFN5. The maximum atomic E-state index is 14.5. The highest BCUT2D eigenvalue weighted by atomic mass is 35.5. The van der Waals surface area contributed by atoms with Crippen molar-refractivity contribution >= 4 is 34.1 Å². The van der Waals surface area contributed by atoms with Gasteiger partial charge in [-0.15, -0.1) is 10.2 Å². The molecule has 0 spiro atoms. The van der Waals surface area contributed by atoms with E-state index in [1.807, 2.05) is 22.6 Å². The van der Waals surface area contributed by atoms with Gasteiger partial charge in [0.25, 0.3) is 0 Å². The number of rotatable bonds is 2. The topological polar surface area (TPSA) is 46.3 Å². The molecule has 0 saturated carbocycles. The minimum absolute atomic E-state index is 0.326. The van der Waals surface area contributed by atoms with Gasteiger partial charge in [0.2, 0.25) is 5.95 Å². The van der Waals surface area contributed by atoms with Gasteiger partial charge in [0.1, 0.15) is 5.82 Å². The van der Waals surface area contributed by atoms with Crippen LogP contribution in [-0.4, -0.2) is 32.7 Å². The zero-order valence-corrected chi connectivity index (χ0v) is 15.3. The molecule has 1 saturated heterocycles. The highest BCUT2D eigenvalue weighted by Gasteiger charge is 2.22. The van der Waals surface area contributed by atoms with Gasteiger partial charge in [0.05, 0.1) is 11.1 Å². The van der Waals surface area contributed by atoms with Crippen LogP contribution in [0.1, 0.15) is 19.3 Å². The quantitative estimate of drug-likeness (QED) is 0.503. The maximum absolute atomic E-state index is 14.5. The third-order valence-corrected chi connectivity index (χ3v) is 5.27. The van der Waals surface area contributed by atoms with Crippen molar-refractivity contribution < 1.29 is 4.39 Å². The highest BCUT2D eigenvalue weighted by Crippen LogP contribution is 2.31. The fourth-order valence-electron chi connectivity index (χ4n) is 3.72. The molecule has 0 atom stereocenters. The molecule has 27 heavy (non-hydrogen) atoms. The van der Waals surface area contributed by atoms with Crippen LogP contribution in [0.4, 0.5) is 10.3 Å². The van der Waals surface area contributed by atoms with E-state index in [4.69, 9.17) is 16.6 Å². The Hall–Kier alpha value is -2.73. The molecule has 2 aromatic carbocycles. The number of piperidine rings is 1. The average molecular weight is 382 g/mol. The largest absolute Gasteiger partial charge is 0.342 e. The third-order valence-electron chi connectivity index (χ3n) is 5.04. The molecule has 1 fully saturated rings. The van der Waals surface area contributed by atoms with Gasteiger partial charge in [-0.2, -0.15) is 0 Å². The van der Waals surface area contributed by atoms with Crippen molar-refractivity contribution in [3.05, 3.63) is 53.3 Å². The first-order valence-electron chi connectivity index (χ1n) is 9.06. The van der Waals surface area contributed by atoms with E-state index in [0.717, 1.165) is 42.8 Å². The monoisotopic (exact) mass is 381 g/mol. The predicted octanol–water partition coefficient (Wildman–Crippen LogP) is 4.73. The molecule has 4 aromatic rings. The first kappa shape index (κ1) is 16.4. The van der Waals surface area contributed by atoms with Crippen molar-refractivity contribution in [2.24, 2.45) is 0 Å². The SMILES string of the molecule is Fc1ccccc1-c1nnc2c3ccc(Cl)cc3nc(N3CCCCC3)n12.